The molecule has 7 heteroatoms. The highest BCUT2D eigenvalue weighted by Gasteiger charge is 2.25. The van der Waals surface area contributed by atoms with Gasteiger partial charge in [0, 0.05) is 24.7 Å². The molecule has 0 aliphatic heterocycles. The third-order valence-corrected chi connectivity index (χ3v) is 5.92. The van der Waals surface area contributed by atoms with Gasteiger partial charge in [0.2, 0.25) is 10.0 Å². The zero-order valence-corrected chi connectivity index (χ0v) is 15.2. The van der Waals surface area contributed by atoms with Gasteiger partial charge in [0.05, 0.1) is 4.90 Å². The van der Waals surface area contributed by atoms with Crippen molar-refractivity contribution in [1.29, 1.82) is 0 Å². The van der Waals surface area contributed by atoms with Crippen LogP contribution in [0.5, 0.6) is 0 Å². The van der Waals surface area contributed by atoms with Gasteiger partial charge in [-0.05, 0) is 44.0 Å². The molecule has 2 rings (SSSR count). The third kappa shape index (κ3) is 5.03. The summed E-state index contributed by atoms with van der Waals surface area (Å²) in [6.07, 6.45) is 3.87. The molecule has 0 radical (unpaired) electrons. The Morgan fingerprint density at radius 2 is 1.92 bits per heavy atom. The molecule has 1 fully saturated rings. The zero-order valence-electron chi connectivity index (χ0n) is 14.4. The zero-order chi connectivity index (χ0) is 17.6. The Balaban J connectivity index is 2.11. The SMILES string of the molecule is CCNCCNC(=O)c1ccc(C)c(S(=O)(=O)NC2CCCC2)c1. The van der Waals surface area contributed by atoms with E-state index in [-0.39, 0.29) is 16.8 Å². The van der Waals surface area contributed by atoms with Gasteiger partial charge in [0.1, 0.15) is 0 Å². The summed E-state index contributed by atoms with van der Waals surface area (Å²) in [6.45, 7) is 5.77. The van der Waals surface area contributed by atoms with Crippen molar-refractivity contribution in [2.75, 3.05) is 19.6 Å². The van der Waals surface area contributed by atoms with Crippen LogP contribution >= 0.6 is 0 Å². The number of rotatable bonds is 8. The largest absolute Gasteiger partial charge is 0.351 e. The van der Waals surface area contributed by atoms with E-state index in [1.54, 1.807) is 19.1 Å². The first kappa shape index (κ1) is 18.9. The van der Waals surface area contributed by atoms with Crippen LogP contribution in [-0.2, 0) is 10.0 Å². The van der Waals surface area contributed by atoms with Gasteiger partial charge in [-0.3, -0.25) is 4.79 Å². The van der Waals surface area contributed by atoms with Crippen LogP contribution in [0.3, 0.4) is 0 Å². The molecule has 0 unspecified atom stereocenters. The lowest BCUT2D eigenvalue weighted by molar-refractivity contribution is 0.0953. The van der Waals surface area contributed by atoms with E-state index in [0.29, 0.717) is 24.2 Å². The first-order valence-electron chi connectivity index (χ1n) is 8.56. The fraction of sp³-hybridized carbons (Fsp3) is 0.588. The predicted octanol–water partition coefficient (Wildman–Crippen LogP) is 1.56. The normalized spacial score (nSPS) is 15.6. The molecule has 1 saturated carbocycles. The molecular weight excluding hydrogens is 326 g/mol. The van der Waals surface area contributed by atoms with Crippen molar-refractivity contribution in [1.82, 2.24) is 15.4 Å². The fourth-order valence-corrected chi connectivity index (χ4v) is 4.48. The van der Waals surface area contributed by atoms with Crippen LogP contribution in [0.15, 0.2) is 23.1 Å². The Labute approximate surface area is 144 Å². The molecule has 134 valence electrons. The molecule has 0 aromatic heterocycles. The molecule has 1 aliphatic carbocycles. The molecule has 1 aromatic rings. The molecular formula is C17H27N3O3S. The molecule has 3 N–H and O–H groups in total. The monoisotopic (exact) mass is 353 g/mol. The van der Waals surface area contributed by atoms with Crippen molar-refractivity contribution in [2.24, 2.45) is 0 Å². The second-order valence-electron chi connectivity index (χ2n) is 6.19. The minimum Gasteiger partial charge on any atom is -0.351 e. The summed E-state index contributed by atoms with van der Waals surface area (Å²) >= 11 is 0. The molecule has 0 heterocycles. The minimum absolute atomic E-state index is 0.00648. The van der Waals surface area contributed by atoms with E-state index in [2.05, 4.69) is 15.4 Å². The summed E-state index contributed by atoms with van der Waals surface area (Å²) in [5, 5.41) is 5.91. The van der Waals surface area contributed by atoms with Gasteiger partial charge in [-0.2, -0.15) is 0 Å². The number of carbonyl (C=O) groups is 1. The van der Waals surface area contributed by atoms with Gasteiger partial charge in [0.25, 0.3) is 5.91 Å². The summed E-state index contributed by atoms with van der Waals surface area (Å²) in [6, 6.07) is 4.82. The minimum atomic E-state index is -3.60. The van der Waals surface area contributed by atoms with Crippen molar-refractivity contribution < 1.29 is 13.2 Å². The van der Waals surface area contributed by atoms with Crippen LogP contribution in [0.1, 0.15) is 48.5 Å². The van der Waals surface area contributed by atoms with Gasteiger partial charge in [-0.1, -0.05) is 25.8 Å². The van der Waals surface area contributed by atoms with E-state index in [0.717, 1.165) is 32.2 Å². The number of aryl methyl sites for hydroxylation is 1. The maximum atomic E-state index is 12.6. The van der Waals surface area contributed by atoms with E-state index in [1.807, 2.05) is 6.92 Å². The van der Waals surface area contributed by atoms with Crippen molar-refractivity contribution >= 4 is 15.9 Å². The van der Waals surface area contributed by atoms with Crippen LogP contribution < -0.4 is 15.4 Å². The van der Waals surface area contributed by atoms with Crippen LogP contribution in [-0.4, -0.2) is 40.0 Å². The Morgan fingerprint density at radius 3 is 2.58 bits per heavy atom. The first-order chi connectivity index (χ1) is 11.4. The summed E-state index contributed by atoms with van der Waals surface area (Å²) in [4.78, 5) is 12.4. The molecule has 1 aromatic carbocycles. The molecule has 0 spiro atoms. The maximum Gasteiger partial charge on any atom is 0.251 e. The van der Waals surface area contributed by atoms with Gasteiger partial charge < -0.3 is 10.6 Å². The van der Waals surface area contributed by atoms with Crippen molar-refractivity contribution in [2.45, 2.75) is 50.5 Å². The fourth-order valence-electron chi connectivity index (χ4n) is 2.90. The molecule has 6 nitrogen and oxygen atoms in total. The third-order valence-electron chi connectivity index (χ3n) is 4.25. The first-order valence-corrected chi connectivity index (χ1v) is 10.0. The highest BCUT2D eigenvalue weighted by molar-refractivity contribution is 7.89. The van der Waals surface area contributed by atoms with Crippen LogP contribution in [0.4, 0.5) is 0 Å². The predicted molar refractivity (Wildman–Crippen MR) is 94.6 cm³/mol. The number of sulfonamides is 1. The van der Waals surface area contributed by atoms with Crippen LogP contribution in [0, 0.1) is 6.92 Å². The molecule has 1 amide bonds. The highest BCUT2D eigenvalue weighted by atomic mass is 32.2. The van der Waals surface area contributed by atoms with E-state index in [4.69, 9.17) is 0 Å². The van der Waals surface area contributed by atoms with Gasteiger partial charge in [-0.15, -0.1) is 0 Å². The number of hydrogen-bond donors (Lipinski definition) is 3. The van der Waals surface area contributed by atoms with Crippen molar-refractivity contribution in [3.05, 3.63) is 29.3 Å². The lowest BCUT2D eigenvalue weighted by Crippen LogP contribution is -2.34. The number of nitrogens with one attached hydrogen (secondary N) is 3. The number of amides is 1. The Bertz CT molecular complexity index is 668. The molecule has 1 aliphatic rings. The molecule has 24 heavy (non-hydrogen) atoms. The Morgan fingerprint density at radius 1 is 1.21 bits per heavy atom. The lowest BCUT2D eigenvalue weighted by atomic mass is 10.1. The summed E-state index contributed by atoms with van der Waals surface area (Å²) in [5.41, 5.74) is 1.01. The number of likely N-dealkylation sites (N-methyl/N-ethyl adjacent to an activating group) is 1. The average Bonchev–Trinajstić information content (AvgIpc) is 3.03. The Hall–Kier alpha value is -1.44. The molecule has 0 bridgehead atoms. The molecule has 0 atom stereocenters. The summed E-state index contributed by atoms with van der Waals surface area (Å²) in [7, 11) is -3.60. The topological polar surface area (TPSA) is 87.3 Å². The molecule has 0 saturated heterocycles. The average molecular weight is 353 g/mol. The number of benzene rings is 1. The number of hydrogen-bond acceptors (Lipinski definition) is 4. The highest BCUT2D eigenvalue weighted by Crippen LogP contribution is 2.22. The smallest absolute Gasteiger partial charge is 0.251 e. The second-order valence-corrected chi connectivity index (χ2v) is 7.87. The van der Waals surface area contributed by atoms with E-state index >= 15 is 0 Å². The van der Waals surface area contributed by atoms with Gasteiger partial charge >= 0.3 is 0 Å². The Kier molecular flexibility index (Phi) is 6.77. The standard InChI is InChI=1S/C17H27N3O3S/c1-3-18-10-11-19-17(21)14-9-8-13(2)16(12-14)24(22,23)20-15-6-4-5-7-15/h8-9,12,15,18,20H,3-7,10-11H2,1-2H3,(H,19,21). The summed E-state index contributed by atoms with van der Waals surface area (Å²) < 4.78 is 28.0. The van der Waals surface area contributed by atoms with Gasteiger partial charge in [-0.25, -0.2) is 13.1 Å². The summed E-state index contributed by atoms with van der Waals surface area (Å²) in [5.74, 6) is -0.259. The maximum absolute atomic E-state index is 12.6. The lowest BCUT2D eigenvalue weighted by Gasteiger charge is -2.15. The van der Waals surface area contributed by atoms with Crippen molar-refractivity contribution in [3.8, 4) is 0 Å². The quantitative estimate of drug-likeness (QED) is 0.619. The van der Waals surface area contributed by atoms with Crippen LogP contribution in [0.25, 0.3) is 0 Å². The number of carbonyl (C=O) groups excluding carboxylic acids is 1. The van der Waals surface area contributed by atoms with E-state index < -0.39 is 10.0 Å². The van der Waals surface area contributed by atoms with E-state index in [1.165, 1.54) is 6.07 Å². The second kappa shape index (κ2) is 8.60. The van der Waals surface area contributed by atoms with Crippen molar-refractivity contribution in [3.63, 3.8) is 0 Å². The van der Waals surface area contributed by atoms with Crippen LogP contribution in [0.2, 0.25) is 0 Å². The van der Waals surface area contributed by atoms with Gasteiger partial charge in [0.15, 0.2) is 0 Å². The van der Waals surface area contributed by atoms with E-state index in [9.17, 15) is 13.2 Å².